The smallest absolute Gasteiger partial charge is 0.269 e. The Kier molecular flexibility index (Phi) is 5.91. The lowest BCUT2D eigenvalue weighted by molar-refractivity contribution is -0.128. The molecule has 0 aliphatic rings. The van der Waals surface area contributed by atoms with Gasteiger partial charge in [0.1, 0.15) is 11.6 Å². The maximum Gasteiger partial charge on any atom is 0.269 e. The van der Waals surface area contributed by atoms with E-state index in [1.807, 2.05) is 24.4 Å². The molecule has 9 heteroatoms. The van der Waals surface area contributed by atoms with Gasteiger partial charge in [0.15, 0.2) is 10.7 Å². The van der Waals surface area contributed by atoms with Crippen LogP contribution in [0.5, 0.6) is 5.75 Å². The van der Waals surface area contributed by atoms with Crippen LogP contribution in [0.3, 0.4) is 0 Å². The Morgan fingerprint density at radius 2 is 1.91 bits per heavy atom. The standard InChI is InChI=1S/C23H21FN4O3S/c1-23(2,31-18-7-8-19-14(11-18)9-10-25-19)21(30)28-22-27-17(13-32-22)12-20(29)26-16-5-3-15(24)4-6-16/h3-11,13,25H,12H2,1-2H3,(H,26,29)(H,27,28,30). The first-order chi connectivity index (χ1) is 15.3. The molecule has 0 radical (unpaired) electrons. The van der Waals surface area contributed by atoms with Gasteiger partial charge in [-0.3, -0.25) is 14.9 Å². The molecule has 2 heterocycles. The minimum atomic E-state index is -1.14. The number of carbonyl (C=O) groups is 2. The van der Waals surface area contributed by atoms with Gasteiger partial charge in [-0.15, -0.1) is 11.3 Å². The summed E-state index contributed by atoms with van der Waals surface area (Å²) >= 11 is 1.22. The lowest BCUT2D eigenvalue weighted by Crippen LogP contribution is -2.42. The second-order valence-electron chi connectivity index (χ2n) is 7.67. The fraction of sp³-hybridized carbons (Fsp3) is 0.174. The van der Waals surface area contributed by atoms with Crippen LogP contribution in [0.2, 0.25) is 0 Å². The van der Waals surface area contributed by atoms with Crippen LogP contribution in [0.15, 0.2) is 60.1 Å². The molecule has 0 atom stereocenters. The predicted molar refractivity (Wildman–Crippen MR) is 122 cm³/mol. The molecule has 4 aromatic rings. The quantitative estimate of drug-likeness (QED) is 0.377. The van der Waals surface area contributed by atoms with Crippen molar-refractivity contribution in [3.63, 3.8) is 0 Å². The Bertz CT molecular complexity index is 1260. The molecule has 0 saturated heterocycles. The Morgan fingerprint density at radius 1 is 1.12 bits per heavy atom. The van der Waals surface area contributed by atoms with E-state index in [0.717, 1.165) is 10.9 Å². The van der Waals surface area contributed by atoms with E-state index in [0.29, 0.717) is 22.3 Å². The first kappa shape index (κ1) is 21.5. The van der Waals surface area contributed by atoms with Gasteiger partial charge in [-0.2, -0.15) is 0 Å². The Labute approximate surface area is 187 Å². The minimum absolute atomic E-state index is 0.0281. The molecule has 0 bridgehead atoms. The largest absolute Gasteiger partial charge is 0.478 e. The summed E-state index contributed by atoms with van der Waals surface area (Å²) in [6.45, 7) is 3.35. The molecule has 7 nitrogen and oxygen atoms in total. The molecule has 0 unspecified atom stereocenters. The molecule has 2 aromatic carbocycles. The highest BCUT2D eigenvalue weighted by atomic mass is 32.1. The fourth-order valence-electron chi connectivity index (χ4n) is 3.03. The third kappa shape index (κ3) is 5.12. The third-order valence-corrected chi connectivity index (χ3v) is 5.49. The van der Waals surface area contributed by atoms with Crippen LogP contribution in [0.1, 0.15) is 19.5 Å². The van der Waals surface area contributed by atoms with Gasteiger partial charge in [0.05, 0.1) is 12.1 Å². The number of nitrogens with zero attached hydrogens (tertiary/aromatic N) is 1. The van der Waals surface area contributed by atoms with Crippen molar-refractivity contribution in [1.82, 2.24) is 9.97 Å². The molecular weight excluding hydrogens is 431 g/mol. The van der Waals surface area contributed by atoms with E-state index in [-0.39, 0.29) is 24.1 Å². The lowest BCUT2D eigenvalue weighted by atomic mass is 10.1. The Hall–Kier alpha value is -3.72. The van der Waals surface area contributed by atoms with Crippen LogP contribution >= 0.6 is 11.3 Å². The van der Waals surface area contributed by atoms with Gasteiger partial charge >= 0.3 is 0 Å². The highest BCUT2D eigenvalue weighted by Gasteiger charge is 2.31. The Balaban J connectivity index is 1.34. The predicted octanol–water partition coefficient (Wildman–Crippen LogP) is 4.74. The summed E-state index contributed by atoms with van der Waals surface area (Å²) in [6, 6.07) is 13.0. The molecule has 32 heavy (non-hydrogen) atoms. The van der Waals surface area contributed by atoms with Gasteiger partial charge in [-0.1, -0.05) is 0 Å². The van der Waals surface area contributed by atoms with E-state index in [1.54, 1.807) is 25.3 Å². The first-order valence-electron chi connectivity index (χ1n) is 9.86. The van der Waals surface area contributed by atoms with Crippen molar-refractivity contribution in [3.8, 4) is 5.75 Å². The molecule has 0 saturated carbocycles. The summed E-state index contributed by atoms with van der Waals surface area (Å²) in [4.78, 5) is 32.4. The van der Waals surface area contributed by atoms with Crippen molar-refractivity contribution in [3.05, 3.63) is 71.6 Å². The summed E-state index contributed by atoms with van der Waals surface area (Å²) < 4.78 is 18.9. The number of H-pyrrole nitrogens is 1. The molecule has 0 fully saturated rings. The zero-order valence-corrected chi connectivity index (χ0v) is 18.3. The number of amides is 2. The van der Waals surface area contributed by atoms with Gasteiger partial charge in [0.2, 0.25) is 5.91 Å². The van der Waals surface area contributed by atoms with Crippen molar-refractivity contribution in [1.29, 1.82) is 0 Å². The molecule has 2 aromatic heterocycles. The lowest BCUT2D eigenvalue weighted by Gasteiger charge is -2.24. The van der Waals surface area contributed by atoms with E-state index in [9.17, 15) is 14.0 Å². The van der Waals surface area contributed by atoms with Crippen LogP contribution < -0.4 is 15.4 Å². The maximum atomic E-state index is 13.0. The average molecular weight is 453 g/mol. The summed E-state index contributed by atoms with van der Waals surface area (Å²) in [5.41, 5.74) is 0.854. The van der Waals surface area contributed by atoms with Gasteiger partial charge in [-0.05, 0) is 62.4 Å². The number of hydrogen-bond acceptors (Lipinski definition) is 5. The molecule has 4 rings (SSSR count). The number of thiazole rings is 1. The zero-order chi connectivity index (χ0) is 22.7. The van der Waals surface area contributed by atoms with Crippen LogP contribution in [0, 0.1) is 5.82 Å². The van der Waals surface area contributed by atoms with Gasteiger partial charge in [0.25, 0.3) is 5.91 Å². The number of ether oxygens (including phenoxy) is 1. The third-order valence-electron chi connectivity index (χ3n) is 4.69. The topological polar surface area (TPSA) is 96.1 Å². The number of benzene rings is 2. The number of carbonyl (C=O) groups excluding carboxylic acids is 2. The summed E-state index contributed by atoms with van der Waals surface area (Å²) in [7, 11) is 0. The molecule has 2 amide bonds. The maximum absolute atomic E-state index is 13.0. The molecule has 0 spiro atoms. The number of nitrogens with one attached hydrogen (secondary N) is 3. The minimum Gasteiger partial charge on any atom is -0.478 e. The average Bonchev–Trinajstić information content (AvgIpc) is 3.38. The first-order valence-corrected chi connectivity index (χ1v) is 10.7. The van der Waals surface area contributed by atoms with Crippen molar-refractivity contribution in [2.75, 3.05) is 10.6 Å². The van der Waals surface area contributed by atoms with E-state index in [1.165, 1.54) is 35.6 Å². The molecular formula is C23H21FN4O3S. The molecule has 0 aliphatic carbocycles. The SMILES string of the molecule is CC(C)(Oc1ccc2[nH]ccc2c1)C(=O)Nc1nc(CC(=O)Nc2ccc(F)cc2)cs1. The number of aromatic nitrogens is 2. The van der Waals surface area contributed by atoms with Crippen molar-refractivity contribution < 1.29 is 18.7 Å². The van der Waals surface area contributed by atoms with E-state index in [4.69, 9.17) is 4.74 Å². The van der Waals surface area contributed by atoms with Crippen LogP contribution in [-0.4, -0.2) is 27.4 Å². The van der Waals surface area contributed by atoms with E-state index in [2.05, 4.69) is 20.6 Å². The number of anilines is 2. The van der Waals surface area contributed by atoms with Crippen LogP contribution in [-0.2, 0) is 16.0 Å². The van der Waals surface area contributed by atoms with Crippen LogP contribution in [0.25, 0.3) is 10.9 Å². The Morgan fingerprint density at radius 3 is 2.69 bits per heavy atom. The molecule has 164 valence electrons. The second-order valence-corrected chi connectivity index (χ2v) is 8.53. The normalized spacial score (nSPS) is 11.3. The highest BCUT2D eigenvalue weighted by molar-refractivity contribution is 7.14. The number of halogens is 1. The van der Waals surface area contributed by atoms with Crippen LogP contribution in [0.4, 0.5) is 15.2 Å². The van der Waals surface area contributed by atoms with Crippen molar-refractivity contribution >= 4 is 44.9 Å². The number of aromatic amines is 1. The molecule has 3 N–H and O–H groups in total. The van der Waals surface area contributed by atoms with E-state index >= 15 is 0 Å². The molecule has 0 aliphatic heterocycles. The highest BCUT2D eigenvalue weighted by Crippen LogP contribution is 2.25. The number of hydrogen-bond donors (Lipinski definition) is 3. The number of rotatable bonds is 7. The second kappa shape index (κ2) is 8.80. The fourth-order valence-corrected chi connectivity index (χ4v) is 3.74. The van der Waals surface area contributed by atoms with E-state index < -0.39 is 5.60 Å². The van der Waals surface area contributed by atoms with Gasteiger partial charge in [-0.25, -0.2) is 9.37 Å². The van der Waals surface area contributed by atoms with Crippen molar-refractivity contribution in [2.45, 2.75) is 25.9 Å². The summed E-state index contributed by atoms with van der Waals surface area (Å²) in [5.74, 6) is -0.443. The zero-order valence-electron chi connectivity index (χ0n) is 17.4. The van der Waals surface area contributed by atoms with Gasteiger partial charge in [0, 0.05) is 28.2 Å². The monoisotopic (exact) mass is 452 g/mol. The summed E-state index contributed by atoms with van der Waals surface area (Å²) in [5, 5.41) is 8.49. The van der Waals surface area contributed by atoms with Crippen molar-refractivity contribution in [2.24, 2.45) is 0 Å². The summed E-state index contributed by atoms with van der Waals surface area (Å²) in [6.07, 6.45) is 1.87. The van der Waals surface area contributed by atoms with Gasteiger partial charge < -0.3 is 15.0 Å². The number of fused-ring (bicyclic) bond motifs is 1.